The van der Waals surface area contributed by atoms with Gasteiger partial charge in [0, 0.05) is 31.8 Å². The number of ether oxygens (including phenoxy) is 1. The minimum atomic E-state index is -3.19. The SMILES string of the molecule is CNCC1CCCN1C(=O)CCCOc1ccc(S(C)(=O)=O)cc1.Cl. The van der Waals surface area contributed by atoms with Gasteiger partial charge >= 0.3 is 0 Å². The summed E-state index contributed by atoms with van der Waals surface area (Å²) in [4.78, 5) is 14.5. The molecule has 0 bridgehead atoms. The Kier molecular flexibility index (Phi) is 8.68. The van der Waals surface area contributed by atoms with Crippen LogP contribution < -0.4 is 10.1 Å². The van der Waals surface area contributed by atoms with Crippen molar-refractivity contribution in [3.63, 3.8) is 0 Å². The van der Waals surface area contributed by atoms with Gasteiger partial charge in [-0.1, -0.05) is 0 Å². The Morgan fingerprint density at radius 2 is 2.00 bits per heavy atom. The first-order valence-corrected chi connectivity index (χ1v) is 10.2. The second-order valence-electron chi connectivity index (χ2n) is 6.14. The highest BCUT2D eigenvalue weighted by Crippen LogP contribution is 2.19. The van der Waals surface area contributed by atoms with Crippen LogP contribution in [0, 0.1) is 0 Å². The lowest BCUT2D eigenvalue weighted by atomic mass is 10.2. The molecule has 1 fully saturated rings. The maximum atomic E-state index is 12.3. The van der Waals surface area contributed by atoms with E-state index >= 15 is 0 Å². The highest BCUT2D eigenvalue weighted by atomic mass is 35.5. The first kappa shape index (κ1) is 21.7. The second-order valence-corrected chi connectivity index (χ2v) is 8.15. The molecule has 0 radical (unpaired) electrons. The average molecular weight is 391 g/mol. The van der Waals surface area contributed by atoms with Crippen molar-refractivity contribution in [3.05, 3.63) is 24.3 Å². The molecule has 142 valence electrons. The number of halogens is 1. The summed E-state index contributed by atoms with van der Waals surface area (Å²) < 4.78 is 28.4. The molecule has 6 nitrogen and oxygen atoms in total. The molecule has 1 unspecified atom stereocenters. The molecule has 1 aliphatic rings. The lowest BCUT2D eigenvalue weighted by Crippen LogP contribution is -2.40. The number of nitrogens with zero attached hydrogens (tertiary/aromatic N) is 1. The minimum Gasteiger partial charge on any atom is -0.494 e. The Hall–Kier alpha value is -1.31. The van der Waals surface area contributed by atoms with Crippen LogP contribution in [0.25, 0.3) is 0 Å². The van der Waals surface area contributed by atoms with Gasteiger partial charge < -0.3 is 15.0 Å². The van der Waals surface area contributed by atoms with Crippen LogP contribution in [0.3, 0.4) is 0 Å². The van der Waals surface area contributed by atoms with Crippen molar-refractivity contribution in [2.75, 3.05) is 33.0 Å². The second kappa shape index (κ2) is 9.99. The fourth-order valence-electron chi connectivity index (χ4n) is 2.95. The predicted molar refractivity (Wildman–Crippen MR) is 100 cm³/mol. The molecule has 1 aromatic rings. The van der Waals surface area contributed by atoms with E-state index in [1.807, 2.05) is 11.9 Å². The van der Waals surface area contributed by atoms with E-state index < -0.39 is 9.84 Å². The zero-order valence-corrected chi connectivity index (χ0v) is 16.4. The molecule has 1 atom stereocenters. The van der Waals surface area contributed by atoms with E-state index in [9.17, 15) is 13.2 Å². The van der Waals surface area contributed by atoms with Crippen molar-refractivity contribution >= 4 is 28.2 Å². The maximum Gasteiger partial charge on any atom is 0.222 e. The number of rotatable bonds is 8. The first-order chi connectivity index (χ1) is 11.4. The van der Waals surface area contributed by atoms with E-state index in [4.69, 9.17) is 4.74 Å². The normalized spacial score (nSPS) is 17.2. The van der Waals surface area contributed by atoms with Crippen LogP contribution in [-0.2, 0) is 14.6 Å². The van der Waals surface area contributed by atoms with E-state index in [0.717, 1.165) is 25.9 Å². The van der Waals surface area contributed by atoms with Crippen molar-refractivity contribution in [1.82, 2.24) is 10.2 Å². The zero-order valence-electron chi connectivity index (χ0n) is 14.7. The molecule has 0 aliphatic carbocycles. The van der Waals surface area contributed by atoms with Gasteiger partial charge in [-0.3, -0.25) is 4.79 Å². The summed E-state index contributed by atoms with van der Waals surface area (Å²) in [7, 11) is -1.28. The third-order valence-corrected chi connectivity index (χ3v) is 5.32. The van der Waals surface area contributed by atoms with Crippen LogP contribution in [0.5, 0.6) is 5.75 Å². The van der Waals surface area contributed by atoms with Crippen molar-refractivity contribution < 1.29 is 17.9 Å². The van der Waals surface area contributed by atoms with E-state index in [1.165, 1.54) is 18.4 Å². The number of sulfone groups is 1. The Labute approximate surface area is 156 Å². The van der Waals surface area contributed by atoms with E-state index in [2.05, 4.69) is 5.32 Å². The summed E-state index contributed by atoms with van der Waals surface area (Å²) in [6.07, 6.45) is 4.43. The van der Waals surface area contributed by atoms with Crippen LogP contribution in [0.15, 0.2) is 29.2 Å². The largest absolute Gasteiger partial charge is 0.494 e. The molecular formula is C17H27ClN2O4S. The number of likely N-dealkylation sites (N-methyl/N-ethyl adjacent to an activating group) is 1. The monoisotopic (exact) mass is 390 g/mol. The molecule has 0 aromatic heterocycles. The topological polar surface area (TPSA) is 75.7 Å². The molecule has 8 heteroatoms. The first-order valence-electron chi connectivity index (χ1n) is 8.29. The number of hydrogen-bond acceptors (Lipinski definition) is 5. The van der Waals surface area contributed by atoms with Crippen LogP contribution in [0.4, 0.5) is 0 Å². The van der Waals surface area contributed by atoms with Crippen LogP contribution >= 0.6 is 12.4 Å². The quantitative estimate of drug-likeness (QED) is 0.686. The summed E-state index contributed by atoms with van der Waals surface area (Å²) in [6, 6.07) is 6.65. The van der Waals surface area contributed by atoms with Crippen molar-refractivity contribution in [2.45, 2.75) is 36.6 Å². The lowest BCUT2D eigenvalue weighted by Gasteiger charge is -2.24. The summed E-state index contributed by atoms with van der Waals surface area (Å²) >= 11 is 0. The Bertz CT molecular complexity index is 649. The molecule has 1 aliphatic heterocycles. The molecule has 0 saturated carbocycles. The number of amides is 1. The Morgan fingerprint density at radius 3 is 2.60 bits per heavy atom. The lowest BCUT2D eigenvalue weighted by molar-refractivity contribution is -0.132. The number of nitrogens with one attached hydrogen (secondary N) is 1. The van der Waals surface area contributed by atoms with Crippen molar-refractivity contribution in [2.24, 2.45) is 0 Å². The summed E-state index contributed by atoms with van der Waals surface area (Å²) in [5.74, 6) is 0.799. The molecule has 1 heterocycles. The fourth-order valence-corrected chi connectivity index (χ4v) is 3.58. The van der Waals surface area contributed by atoms with Gasteiger partial charge in [0.2, 0.25) is 5.91 Å². The fraction of sp³-hybridized carbons (Fsp3) is 0.588. The van der Waals surface area contributed by atoms with Crippen molar-refractivity contribution in [3.8, 4) is 5.75 Å². The number of hydrogen-bond donors (Lipinski definition) is 1. The van der Waals surface area contributed by atoms with Gasteiger partial charge in [0.1, 0.15) is 5.75 Å². The van der Waals surface area contributed by atoms with Gasteiger partial charge in [-0.2, -0.15) is 0 Å². The van der Waals surface area contributed by atoms with E-state index in [-0.39, 0.29) is 23.2 Å². The van der Waals surface area contributed by atoms with Gasteiger partial charge in [-0.15, -0.1) is 12.4 Å². The summed E-state index contributed by atoms with van der Waals surface area (Å²) in [5, 5.41) is 3.14. The van der Waals surface area contributed by atoms with Crippen LogP contribution in [-0.4, -0.2) is 58.3 Å². The van der Waals surface area contributed by atoms with E-state index in [1.54, 1.807) is 12.1 Å². The number of carbonyl (C=O) groups is 1. The number of carbonyl (C=O) groups excluding carboxylic acids is 1. The third kappa shape index (κ3) is 6.49. The highest BCUT2D eigenvalue weighted by Gasteiger charge is 2.27. The van der Waals surface area contributed by atoms with Gasteiger partial charge in [0.25, 0.3) is 0 Å². The molecular weight excluding hydrogens is 364 g/mol. The highest BCUT2D eigenvalue weighted by molar-refractivity contribution is 7.90. The number of benzene rings is 1. The molecule has 1 aromatic carbocycles. The summed E-state index contributed by atoms with van der Waals surface area (Å²) in [6.45, 7) is 2.13. The third-order valence-electron chi connectivity index (χ3n) is 4.19. The zero-order chi connectivity index (χ0) is 17.6. The number of likely N-dealkylation sites (tertiary alicyclic amines) is 1. The molecule has 25 heavy (non-hydrogen) atoms. The smallest absolute Gasteiger partial charge is 0.222 e. The maximum absolute atomic E-state index is 12.3. The Morgan fingerprint density at radius 1 is 1.32 bits per heavy atom. The Balaban J connectivity index is 0.00000312. The van der Waals surface area contributed by atoms with Crippen molar-refractivity contribution in [1.29, 1.82) is 0 Å². The van der Waals surface area contributed by atoms with E-state index in [0.29, 0.717) is 31.2 Å². The summed E-state index contributed by atoms with van der Waals surface area (Å²) in [5.41, 5.74) is 0. The average Bonchev–Trinajstić information content (AvgIpc) is 3.00. The van der Waals surface area contributed by atoms with Gasteiger partial charge in [-0.25, -0.2) is 8.42 Å². The predicted octanol–water partition coefficient (Wildman–Crippen LogP) is 1.88. The molecule has 2 rings (SSSR count). The van der Waals surface area contributed by atoms with Gasteiger partial charge in [0.15, 0.2) is 9.84 Å². The molecule has 1 saturated heterocycles. The molecule has 0 spiro atoms. The van der Waals surface area contributed by atoms with Crippen LogP contribution in [0.1, 0.15) is 25.7 Å². The van der Waals surface area contributed by atoms with Gasteiger partial charge in [0.05, 0.1) is 11.5 Å². The molecule has 1 amide bonds. The van der Waals surface area contributed by atoms with Crippen LogP contribution in [0.2, 0.25) is 0 Å². The molecule has 1 N–H and O–H groups in total. The minimum absolute atomic E-state index is 0. The standard InChI is InChI=1S/C17H26N2O4S.ClH/c1-18-13-14-5-3-11-19(14)17(20)6-4-12-23-15-7-9-16(10-8-15)24(2,21)22;/h7-10,14,18H,3-6,11-13H2,1-2H3;1H. The van der Waals surface area contributed by atoms with Gasteiger partial charge in [-0.05, 0) is 50.6 Å².